The average Bonchev–Trinajstić information content (AvgIpc) is 2.71. The second kappa shape index (κ2) is 5.71. The van der Waals surface area contributed by atoms with Crippen LogP contribution in [0.1, 0.15) is 38.5 Å². The summed E-state index contributed by atoms with van der Waals surface area (Å²) in [5, 5.41) is 8.88. The number of likely N-dealkylation sites (tertiary alicyclic amines) is 1. The molecule has 2 rings (SSSR count). The highest BCUT2D eigenvalue weighted by Crippen LogP contribution is 2.29. The third-order valence-corrected chi connectivity index (χ3v) is 3.70. The van der Waals surface area contributed by atoms with E-state index < -0.39 is 5.97 Å². The van der Waals surface area contributed by atoms with Crippen LogP contribution in [0.4, 0.5) is 0 Å². The number of rotatable bonds is 2. The van der Waals surface area contributed by atoms with Crippen molar-refractivity contribution in [3.8, 4) is 0 Å². The van der Waals surface area contributed by atoms with Crippen LogP contribution in [0.3, 0.4) is 0 Å². The molecule has 4 heteroatoms. The van der Waals surface area contributed by atoms with Crippen LogP contribution in [0, 0.1) is 5.92 Å². The van der Waals surface area contributed by atoms with E-state index in [-0.39, 0.29) is 18.3 Å². The fourth-order valence-corrected chi connectivity index (χ4v) is 2.79. The Labute approximate surface area is 97.2 Å². The summed E-state index contributed by atoms with van der Waals surface area (Å²) >= 11 is 0. The smallest absolute Gasteiger partial charge is 0.306 e. The van der Waals surface area contributed by atoms with Crippen molar-refractivity contribution in [1.29, 1.82) is 0 Å². The minimum atomic E-state index is -0.593. The molecule has 2 aliphatic rings. The molecule has 15 heavy (non-hydrogen) atoms. The van der Waals surface area contributed by atoms with Gasteiger partial charge in [0.2, 0.25) is 0 Å². The molecule has 0 amide bonds. The number of hydrogen-bond donors (Lipinski definition) is 1. The van der Waals surface area contributed by atoms with Crippen molar-refractivity contribution in [2.45, 2.75) is 44.6 Å². The van der Waals surface area contributed by atoms with E-state index in [0.717, 1.165) is 25.7 Å². The van der Waals surface area contributed by atoms with Crippen LogP contribution in [0.25, 0.3) is 0 Å². The third-order valence-electron chi connectivity index (χ3n) is 3.70. The van der Waals surface area contributed by atoms with Crippen molar-refractivity contribution < 1.29 is 9.90 Å². The first-order valence-corrected chi connectivity index (χ1v) is 5.74. The second-order valence-electron chi connectivity index (χ2n) is 4.59. The monoisotopic (exact) mass is 233 g/mol. The number of halogens is 1. The number of carbonyl (C=O) groups is 1. The Morgan fingerprint density at radius 3 is 2.07 bits per heavy atom. The molecule has 0 bridgehead atoms. The van der Waals surface area contributed by atoms with Crippen molar-refractivity contribution in [2.24, 2.45) is 5.92 Å². The van der Waals surface area contributed by atoms with Gasteiger partial charge in [0, 0.05) is 6.04 Å². The summed E-state index contributed by atoms with van der Waals surface area (Å²) in [5.74, 6) is -0.654. The summed E-state index contributed by atoms with van der Waals surface area (Å²) in [6.07, 6.45) is 6.62. The van der Waals surface area contributed by atoms with Gasteiger partial charge in [-0.05, 0) is 51.6 Å². The van der Waals surface area contributed by atoms with Gasteiger partial charge in [-0.3, -0.25) is 4.79 Å². The van der Waals surface area contributed by atoms with Gasteiger partial charge in [0.05, 0.1) is 5.92 Å². The molecule has 0 spiro atoms. The molecular formula is C11H20ClNO2. The first kappa shape index (κ1) is 12.8. The molecule has 0 radical (unpaired) electrons. The summed E-state index contributed by atoms with van der Waals surface area (Å²) in [5.41, 5.74) is 0. The fraction of sp³-hybridized carbons (Fsp3) is 0.909. The molecule has 3 nitrogen and oxygen atoms in total. The lowest BCUT2D eigenvalue weighted by Gasteiger charge is -2.33. The second-order valence-corrected chi connectivity index (χ2v) is 4.59. The Morgan fingerprint density at radius 2 is 1.60 bits per heavy atom. The Balaban J connectivity index is 0.00000112. The van der Waals surface area contributed by atoms with Crippen molar-refractivity contribution in [3.63, 3.8) is 0 Å². The lowest BCUT2D eigenvalue weighted by atomic mass is 9.85. The standard InChI is InChI=1S/C11H19NO2.ClH/c13-11(14)9-3-5-10(6-4-9)12-7-1-2-8-12;/h9-10H,1-8H2,(H,13,14);1H. The van der Waals surface area contributed by atoms with Gasteiger partial charge >= 0.3 is 5.97 Å². The number of carboxylic acids is 1. The largest absolute Gasteiger partial charge is 0.481 e. The number of nitrogens with zero attached hydrogens (tertiary/aromatic N) is 1. The molecule has 1 heterocycles. The molecule has 1 N–H and O–H groups in total. The van der Waals surface area contributed by atoms with E-state index in [1.54, 1.807) is 0 Å². The van der Waals surface area contributed by atoms with Crippen molar-refractivity contribution >= 4 is 18.4 Å². The average molecular weight is 234 g/mol. The minimum Gasteiger partial charge on any atom is -0.481 e. The molecule has 0 aromatic heterocycles. The predicted octanol–water partition coefficient (Wildman–Crippen LogP) is 2.15. The topological polar surface area (TPSA) is 40.5 Å². The SMILES string of the molecule is Cl.O=C(O)C1CCC(N2CCCC2)CC1. The van der Waals surface area contributed by atoms with Gasteiger partial charge < -0.3 is 10.0 Å². The van der Waals surface area contributed by atoms with Crippen molar-refractivity contribution in [3.05, 3.63) is 0 Å². The first-order chi connectivity index (χ1) is 6.77. The summed E-state index contributed by atoms with van der Waals surface area (Å²) in [6, 6.07) is 0.688. The summed E-state index contributed by atoms with van der Waals surface area (Å²) in [7, 11) is 0. The van der Waals surface area contributed by atoms with E-state index in [0.29, 0.717) is 6.04 Å². The maximum atomic E-state index is 10.8. The molecule has 1 aliphatic carbocycles. The van der Waals surface area contributed by atoms with Crippen LogP contribution in [0.5, 0.6) is 0 Å². The zero-order valence-corrected chi connectivity index (χ0v) is 9.84. The Kier molecular flexibility index (Phi) is 4.87. The molecule has 1 aliphatic heterocycles. The highest BCUT2D eigenvalue weighted by molar-refractivity contribution is 5.85. The number of hydrogen-bond acceptors (Lipinski definition) is 2. The molecule has 1 saturated carbocycles. The van der Waals surface area contributed by atoms with Crippen LogP contribution in [-0.2, 0) is 4.79 Å². The zero-order valence-electron chi connectivity index (χ0n) is 9.02. The van der Waals surface area contributed by atoms with Crippen LogP contribution in [-0.4, -0.2) is 35.1 Å². The van der Waals surface area contributed by atoms with Crippen LogP contribution >= 0.6 is 12.4 Å². The maximum absolute atomic E-state index is 10.8. The third kappa shape index (κ3) is 3.08. The molecule has 0 aromatic carbocycles. The molecule has 0 aromatic rings. The highest BCUT2D eigenvalue weighted by Gasteiger charge is 2.29. The van der Waals surface area contributed by atoms with Crippen LogP contribution in [0.2, 0.25) is 0 Å². The van der Waals surface area contributed by atoms with E-state index in [4.69, 9.17) is 5.11 Å². The minimum absolute atomic E-state index is 0. The van der Waals surface area contributed by atoms with Crippen molar-refractivity contribution in [1.82, 2.24) is 4.90 Å². The van der Waals surface area contributed by atoms with Gasteiger partial charge in [0.15, 0.2) is 0 Å². The molecule has 2 fully saturated rings. The lowest BCUT2D eigenvalue weighted by molar-refractivity contribution is -0.143. The number of aliphatic carboxylic acids is 1. The van der Waals surface area contributed by atoms with E-state index >= 15 is 0 Å². The van der Waals surface area contributed by atoms with Gasteiger partial charge in [-0.15, -0.1) is 12.4 Å². The highest BCUT2D eigenvalue weighted by atomic mass is 35.5. The quantitative estimate of drug-likeness (QED) is 0.795. The van der Waals surface area contributed by atoms with Gasteiger partial charge in [-0.25, -0.2) is 0 Å². The van der Waals surface area contributed by atoms with E-state index in [2.05, 4.69) is 4.90 Å². The fourth-order valence-electron chi connectivity index (χ4n) is 2.79. The molecule has 0 unspecified atom stereocenters. The van der Waals surface area contributed by atoms with Crippen LogP contribution in [0.15, 0.2) is 0 Å². The van der Waals surface area contributed by atoms with Gasteiger partial charge in [-0.2, -0.15) is 0 Å². The first-order valence-electron chi connectivity index (χ1n) is 5.74. The van der Waals surface area contributed by atoms with E-state index in [1.807, 2.05) is 0 Å². The maximum Gasteiger partial charge on any atom is 0.306 e. The Morgan fingerprint density at radius 1 is 1.07 bits per heavy atom. The summed E-state index contributed by atoms with van der Waals surface area (Å²) < 4.78 is 0. The Hall–Kier alpha value is -0.280. The Bertz CT molecular complexity index is 209. The lowest BCUT2D eigenvalue weighted by Crippen LogP contribution is -2.37. The molecule has 0 atom stereocenters. The predicted molar refractivity (Wildman–Crippen MR) is 61.4 cm³/mol. The van der Waals surface area contributed by atoms with E-state index in [9.17, 15) is 4.79 Å². The normalized spacial score (nSPS) is 32.3. The van der Waals surface area contributed by atoms with E-state index in [1.165, 1.54) is 25.9 Å². The summed E-state index contributed by atoms with van der Waals surface area (Å²) in [6.45, 7) is 2.48. The summed E-state index contributed by atoms with van der Waals surface area (Å²) in [4.78, 5) is 13.3. The van der Waals surface area contributed by atoms with Crippen LogP contribution < -0.4 is 0 Å². The zero-order chi connectivity index (χ0) is 9.97. The molecular weight excluding hydrogens is 214 g/mol. The van der Waals surface area contributed by atoms with Gasteiger partial charge in [0.25, 0.3) is 0 Å². The van der Waals surface area contributed by atoms with Crippen molar-refractivity contribution in [2.75, 3.05) is 13.1 Å². The number of carboxylic acid groups (broad SMARTS) is 1. The molecule has 1 saturated heterocycles. The van der Waals surface area contributed by atoms with Gasteiger partial charge in [0.1, 0.15) is 0 Å². The van der Waals surface area contributed by atoms with Gasteiger partial charge in [-0.1, -0.05) is 0 Å². The molecule has 88 valence electrons.